The van der Waals surface area contributed by atoms with Crippen LogP contribution in [-0.2, 0) is 14.8 Å². The SMILES string of the molecule is CC(O)=C(N=Nc1ccc(S(=O)(=O)Nc2ncccn2)cc1)C(=O)O. The van der Waals surface area contributed by atoms with Gasteiger partial charge < -0.3 is 10.2 Å². The molecule has 0 saturated carbocycles. The maximum Gasteiger partial charge on any atom is 0.359 e. The Balaban J connectivity index is 2.19. The third kappa shape index (κ3) is 4.81. The number of allylic oxidation sites excluding steroid dienone is 1. The summed E-state index contributed by atoms with van der Waals surface area (Å²) in [7, 11) is -3.88. The summed E-state index contributed by atoms with van der Waals surface area (Å²) in [6.07, 6.45) is 2.79. The second kappa shape index (κ2) is 7.49. The van der Waals surface area contributed by atoms with E-state index in [0.29, 0.717) is 0 Å². The lowest BCUT2D eigenvalue weighted by Crippen LogP contribution is -2.14. The summed E-state index contributed by atoms with van der Waals surface area (Å²) in [5.74, 6) is -2.00. The van der Waals surface area contributed by atoms with Crippen molar-refractivity contribution in [2.24, 2.45) is 10.2 Å². The number of carboxylic acid groups (broad SMARTS) is 1. The monoisotopic (exact) mass is 363 g/mol. The van der Waals surface area contributed by atoms with Crippen molar-refractivity contribution < 1.29 is 23.4 Å². The normalized spacial score (nSPS) is 12.7. The Morgan fingerprint density at radius 1 is 1.12 bits per heavy atom. The van der Waals surface area contributed by atoms with Crippen LogP contribution in [-0.4, -0.2) is 34.6 Å². The molecule has 0 spiro atoms. The van der Waals surface area contributed by atoms with Crippen LogP contribution in [0.5, 0.6) is 0 Å². The fourth-order valence-electron chi connectivity index (χ4n) is 1.60. The number of nitrogens with one attached hydrogen (secondary N) is 1. The van der Waals surface area contributed by atoms with Gasteiger partial charge in [0.05, 0.1) is 10.6 Å². The number of nitrogens with zero attached hydrogens (tertiary/aromatic N) is 4. The lowest BCUT2D eigenvalue weighted by atomic mass is 10.3. The van der Waals surface area contributed by atoms with Crippen LogP contribution in [0.2, 0.25) is 0 Å². The van der Waals surface area contributed by atoms with E-state index in [1.807, 2.05) is 0 Å². The molecule has 0 radical (unpaired) electrons. The molecule has 130 valence electrons. The number of sulfonamides is 1. The lowest BCUT2D eigenvalue weighted by Gasteiger charge is -2.06. The first-order valence-electron chi connectivity index (χ1n) is 6.74. The van der Waals surface area contributed by atoms with E-state index in [1.54, 1.807) is 6.07 Å². The molecule has 1 aromatic heterocycles. The molecule has 10 nitrogen and oxygen atoms in total. The van der Waals surface area contributed by atoms with Gasteiger partial charge in [0.15, 0.2) is 0 Å². The third-order valence-electron chi connectivity index (χ3n) is 2.75. The number of carboxylic acids is 1. The van der Waals surface area contributed by atoms with Crippen molar-refractivity contribution in [1.82, 2.24) is 9.97 Å². The fourth-order valence-corrected chi connectivity index (χ4v) is 2.56. The lowest BCUT2D eigenvalue weighted by molar-refractivity contribution is -0.132. The van der Waals surface area contributed by atoms with Crippen LogP contribution in [0, 0.1) is 0 Å². The maximum absolute atomic E-state index is 12.2. The zero-order chi connectivity index (χ0) is 18.4. The van der Waals surface area contributed by atoms with Gasteiger partial charge in [-0.15, -0.1) is 5.11 Å². The van der Waals surface area contributed by atoms with Crippen LogP contribution in [0.1, 0.15) is 6.92 Å². The number of hydrogen-bond acceptors (Lipinski definition) is 8. The van der Waals surface area contributed by atoms with E-state index in [9.17, 15) is 18.3 Å². The van der Waals surface area contributed by atoms with E-state index < -0.39 is 27.4 Å². The molecular weight excluding hydrogens is 350 g/mol. The minimum Gasteiger partial charge on any atom is -0.510 e. The molecule has 0 amide bonds. The van der Waals surface area contributed by atoms with Crippen molar-refractivity contribution in [3.05, 3.63) is 54.2 Å². The van der Waals surface area contributed by atoms with E-state index in [1.165, 1.54) is 36.7 Å². The van der Waals surface area contributed by atoms with E-state index in [2.05, 4.69) is 24.9 Å². The first kappa shape index (κ1) is 18.0. The summed E-state index contributed by atoms with van der Waals surface area (Å²) in [6.45, 7) is 1.16. The quantitative estimate of drug-likeness (QED) is 0.404. The van der Waals surface area contributed by atoms with Crippen LogP contribution in [0.4, 0.5) is 11.6 Å². The Bertz CT molecular complexity index is 920. The zero-order valence-corrected chi connectivity index (χ0v) is 13.7. The number of azo groups is 1. The number of aliphatic hydroxyl groups is 1. The van der Waals surface area contributed by atoms with Gasteiger partial charge in [-0.1, -0.05) is 0 Å². The Morgan fingerprint density at radius 3 is 2.24 bits per heavy atom. The standard InChI is InChI=1S/C14H13N5O5S/c1-9(20)12(13(21)22)18-17-10-3-5-11(6-4-10)25(23,24)19-14-15-7-2-8-16-14/h2-8,20H,1H3,(H,21,22)(H,15,16,19). The fraction of sp³-hybridized carbons (Fsp3) is 0.0714. The minimum absolute atomic E-state index is 0.0637. The molecule has 0 atom stereocenters. The summed E-state index contributed by atoms with van der Waals surface area (Å²) < 4.78 is 26.6. The molecule has 0 aliphatic rings. The van der Waals surface area contributed by atoms with Crippen molar-refractivity contribution in [3.8, 4) is 0 Å². The second-order valence-corrected chi connectivity index (χ2v) is 6.29. The van der Waals surface area contributed by atoms with Gasteiger partial charge in [-0.25, -0.2) is 27.9 Å². The van der Waals surface area contributed by atoms with E-state index in [-0.39, 0.29) is 16.5 Å². The van der Waals surface area contributed by atoms with E-state index >= 15 is 0 Å². The molecule has 0 aliphatic heterocycles. The average molecular weight is 363 g/mol. The molecule has 3 N–H and O–H groups in total. The third-order valence-corrected chi connectivity index (χ3v) is 4.09. The topological polar surface area (TPSA) is 154 Å². The molecule has 2 aromatic rings. The van der Waals surface area contributed by atoms with Crippen molar-refractivity contribution in [3.63, 3.8) is 0 Å². The number of carbonyl (C=O) groups is 1. The molecule has 0 unspecified atom stereocenters. The highest BCUT2D eigenvalue weighted by atomic mass is 32.2. The van der Waals surface area contributed by atoms with Crippen LogP contribution in [0.3, 0.4) is 0 Å². The summed E-state index contributed by atoms with van der Waals surface area (Å²) >= 11 is 0. The number of aliphatic carboxylic acids is 1. The number of aromatic nitrogens is 2. The number of aliphatic hydroxyl groups excluding tert-OH is 1. The Morgan fingerprint density at radius 2 is 1.72 bits per heavy atom. The summed E-state index contributed by atoms with van der Waals surface area (Å²) in [4.78, 5) is 18.3. The van der Waals surface area contributed by atoms with Gasteiger partial charge >= 0.3 is 5.97 Å². The van der Waals surface area contributed by atoms with Crippen LogP contribution in [0.25, 0.3) is 0 Å². The highest BCUT2D eigenvalue weighted by molar-refractivity contribution is 7.92. The molecule has 0 aliphatic carbocycles. The predicted octanol–water partition coefficient (Wildman–Crippen LogP) is 2.24. The maximum atomic E-state index is 12.2. The van der Waals surface area contributed by atoms with Crippen LogP contribution >= 0.6 is 0 Å². The van der Waals surface area contributed by atoms with Gasteiger partial charge in [-0.05, 0) is 37.3 Å². The number of benzene rings is 1. The highest BCUT2D eigenvalue weighted by Crippen LogP contribution is 2.19. The Hall–Kier alpha value is -3.34. The van der Waals surface area contributed by atoms with Gasteiger partial charge in [0.2, 0.25) is 11.6 Å². The van der Waals surface area contributed by atoms with Gasteiger partial charge in [-0.3, -0.25) is 0 Å². The molecule has 2 rings (SSSR count). The smallest absolute Gasteiger partial charge is 0.359 e. The predicted molar refractivity (Wildman–Crippen MR) is 86.8 cm³/mol. The molecule has 0 fully saturated rings. The molecule has 25 heavy (non-hydrogen) atoms. The number of anilines is 1. The van der Waals surface area contributed by atoms with Crippen molar-refractivity contribution >= 4 is 27.6 Å². The van der Waals surface area contributed by atoms with E-state index in [0.717, 1.165) is 6.92 Å². The van der Waals surface area contributed by atoms with Crippen LogP contribution in [0.15, 0.2) is 69.3 Å². The van der Waals surface area contributed by atoms with E-state index in [4.69, 9.17) is 5.11 Å². The largest absolute Gasteiger partial charge is 0.510 e. The second-order valence-electron chi connectivity index (χ2n) is 4.61. The van der Waals surface area contributed by atoms with Crippen LogP contribution < -0.4 is 4.72 Å². The number of hydrogen-bond donors (Lipinski definition) is 3. The van der Waals surface area contributed by atoms with Crippen molar-refractivity contribution in [2.45, 2.75) is 11.8 Å². The number of rotatable bonds is 6. The average Bonchev–Trinajstić information content (AvgIpc) is 2.55. The minimum atomic E-state index is -3.88. The summed E-state index contributed by atoms with van der Waals surface area (Å²) in [5.41, 5.74) is -0.408. The molecule has 11 heteroatoms. The summed E-state index contributed by atoms with van der Waals surface area (Å²) in [6, 6.07) is 6.73. The molecular formula is C14H13N5O5S. The zero-order valence-electron chi connectivity index (χ0n) is 12.9. The van der Waals surface area contributed by atoms with Gasteiger partial charge in [0, 0.05) is 12.4 Å². The molecule has 0 saturated heterocycles. The first-order valence-corrected chi connectivity index (χ1v) is 8.22. The van der Waals surface area contributed by atoms with Crippen molar-refractivity contribution in [2.75, 3.05) is 4.72 Å². The Kier molecular flexibility index (Phi) is 5.39. The molecule has 1 heterocycles. The highest BCUT2D eigenvalue weighted by Gasteiger charge is 2.15. The van der Waals surface area contributed by atoms with Gasteiger partial charge in [0.1, 0.15) is 5.76 Å². The molecule has 1 aromatic carbocycles. The Labute approximate surface area is 142 Å². The summed E-state index contributed by atoms with van der Waals surface area (Å²) in [5, 5.41) is 25.1. The van der Waals surface area contributed by atoms with Crippen molar-refractivity contribution in [1.29, 1.82) is 0 Å². The molecule has 0 bridgehead atoms. The first-order chi connectivity index (χ1) is 11.8. The van der Waals surface area contributed by atoms with Gasteiger partial charge in [-0.2, -0.15) is 5.11 Å². The van der Waals surface area contributed by atoms with Gasteiger partial charge in [0.25, 0.3) is 10.0 Å².